The number of thioether (sulfide) groups is 1. The number of alkyl halides is 3. The summed E-state index contributed by atoms with van der Waals surface area (Å²) in [6, 6.07) is 7.09. The molecule has 1 amide bonds. The lowest BCUT2D eigenvalue weighted by Crippen LogP contribution is -2.43. The second kappa shape index (κ2) is 11.1. The van der Waals surface area contributed by atoms with Gasteiger partial charge in [-0.15, -0.1) is 11.8 Å². The molecule has 0 spiro atoms. The summed E-state index contributed by atoms with van der Waals surface area (Å²) in [5, 5.41) is 6.78. The second-order valence-corrected chi connectivity index (χ2v) is 9.51. The normalized spacial score (nSPS) is 15.1. The first-order valence-electron chi connectivity index (χ1n) is 10.2. The summed E-state index contributed by atoms with van der Waals surface area (Å²) in [6.45, 7) is 5.11. The molecular formula is C22H24Cl2F3N3OS. The van der Waals surface area contributed by atoms with Crippen molar-refractivity contribution in [3.8, 4) is 0 Å². The van der Waals surface area contributed by atoms with Crippen molar-refractivity contribution in [2.24, 2.45) is 0 Å². The van der Waals surface area contributed by atoms with Crippen LogP contribution in [-0.4, -0.2) is 42.7 Å². The molecule has 1 aliphatic heterocycles. The van der Waals surface area contributed by atoms with Crippen molar-refractivity contribution < 1.29 is 18.0 Å². The molecule has 10 heteroatoms. The van der Waals surface area contributed by atoms with E-state index in [1.807, 2.05) is 11.8 Å². The molecule has 1 saturated heterocycles. The largest absolute Gasteiger partial charge is 0.416 e. The van der Waals surface area contributed by atoms with Crippen LogP contribution in [0.2, 0.25) is 10.0 Å². The summed E-state index contributed by atoms with van der Waals surface area (Å²) < 4.78 is 41.2. The molecule has 1 fully saturated rings. The molecule has 0 radical (unpaired) electrons. The summed E-state index contributed by atoms with van der Waals surface area (Å²) >= 11 is 13.9. The Bertz CT molecular complexity index is 966. The van der Waals surface area contributed by atoms with Crippen molar-refractivity contribution in [3.05, 3.63) is 62.6 Å². The lowest BCUT2D eigenvalue weighted by atomic mass is 10.0. The molecule has 0 aliphatic carbocycles. The van der Waals surface area contributed by atoms with E-state index in [0.29, 0.717) is 28.7 Å². The van der Waals surface area contributed by atoms with Crippen LogP contribution in [0.1, 0.15) is 34.0 Å². The molecule has 2 aromatic rings. The molecule has 1 heterocycles. The van der Waals surface area contributed by atoms with E-state index >= 15 is 0 Å². The summed E-state index contributed by atoms with van der Waals surface area (Å²) in [6.07, 6.45) is -4.55. The Labute approximate surface area is 199 Å². The van der Waals surface area contributed by atoms with Gasteiger partial charge in [-0.25, -0.2) is 0 Å². The number of carbonyl (C=O) groups excluding carboxylic acids is 1. The van der Waals surface area contributed by atoms with Crippen molar-refractivity contribution >= 4 is 40.9 Å². The van der Waals surface area contributed by atoms with Crippen LogP contribution in [0.25, 0.3) is 0 Å². The van der Waals surface area contributed by atoms with Gasteiger partial charge in [0.15, 0.2) is 0 Å². The smallest absolute Gasteiger partial charge is 0.348 e. The summed E-state index contributed by atoms with van der Waals surface area (Å²) in [5.74, 6) is 0.180. The van der Waals surface area contributed by atoms with Crippen molar-refractivity contribution in [1.82, 2.24) is 15.5 Å². The van der Waals surface area contributed by atoms with Gasteiger partial charge in [-0.2, -0.15) is 13.2 Å². The molecule has 2 N–H and O–H groups in total. The van der Waals surface area contributed by atoms with Crippen LogP contribution in [0.4, 0.5) is 13.2 Å². The molecule has 2 aromatic carbocycles. The van der Waals surface area contributed by atoms with Crippen LogP contribution in [-0.2, 0) is 19.3 Å². The van der Waals surface area contributed by atoms with Gasteiger partial charge < -0.3 is 10.6 Å². The van der Waals surface area contributed by atoms with Crippen molar-refractivity contribution in [1.29, 1.82) is 0 Å². The van der Waals surface area contributed by atoms with E-state index in [-0.39, 0.29) is 24.2 Å². The molecule has 174 valence electrons. The lowest BCUT2D eigenvalue weighted by molar-refractivity contribution is -0.138. The van der Waals surface area contributed by atoms with Crippen LogP contribution in [0.3, 0.4) is 0 Å². The molecule has 0 unspecified atom stereocenters. The minimum atomic E-state index is -4.55. The fraction of sp³-hybridized carbons (Fsp3) is 0.409. The number of nitrogens with zero attached hydrogens (tertiary/aromatic N) is 1. The van der Waals surface area contributed by atoms with Crippen molar-refractivity contribution in [3.63, 3.8) is 0 Å². The Hall–Kier alpha value is -1.45. The zero-order valence-corrected chi connectivity index (χ0v) is 19.8. The van der Waals surface area contributed by atoms with Gasteiger partial charge in [0.1, 0.15) is 0 Å². The fourth-order valence-electron chi connectivity index (χ4n) is 3.56. The van der Waals surface area contributed by atoms with Crippen LogP contribution < -0.4 is 10.6 Å². The number of hydrogen-bond acceptors (Lipinski definition) is 4. The third kappa shape index (κ3) is 6.54. The topological polar surface area (TPSA) is 44.4 Å². The number of hydrogen-bond donors (Lipinski definition) is 2. The quantitative estimate of drug-likeness (QED) is 0.490. The minimum Gasteiger partial charge on any atom is -0.348 e. The number of benzene rings is 2. The van der Waals surface area contributed by atoms with E-state index in [2.05, 4.69) is 10.6 Å². The summed E-state index contributed by atoms with van der Waals surface area (Å²) in [7, 11) is 0. The molecule has 0 atom stereocenters. The van der Waals surface area contributed by atoms with Gasteiger partial charge in [0, 0.05) is 54.8 Å². The highest BCUT2D eigenvalue weighted by atomic mass is 35.5. The predicted octanol–water partition coefficient (Wildman–Crippen LogP) is 5.46. The number of nitrogens with one attached hydrogen (secondary N) is 2. The molecule has 0 aromatic heterocycles. The lowest BCUT2D eigenvalue weighted by Gasteiger charge is -2.28. The van der Waals surface area contributed by atoms with Gasteiger partial charge in [0.05, 0.1) is 10.6 Å². The molecule has 3 rings (SSSR count). The average Bonchev–Trinajstić information content (AvgIpc) is 2.74. The van der Waals surface area contributed by atoms with Gasteiger partial charge in [-0.1, -0.05) is 36.2 Å². The third-order valence-corrected chi connectivity index (χ3v) is 6.78. The van der Waals surface area contributed by atoms with E-state index in [4.69, 9.17) is 23.2 Å². The highest BCUT2D eigenvalue weighted by molar-refractivity contribution is 7.99. The first kappa shape index (κ1) is 25.2. The maximum absolute atomic E-state index is 13.7. The first-order valence-corrected chi connectivity index (χ1v) is 11.9. The Morgan fingerprint density at radius 2 is 1.88 bits per heavy atom. The number of amides is 1. The van der Waals surface area contributed by atoms with E-state index in [1.54, 1.807) is 12.1 Å². The fourth-order valence-corrected chi connectivity index (χ4v) is 5.06. The molecule has 0 saturated carbocycles. The Kier molecular flexibility index (Phi) is 8.75. The predicted molar refractivity (Wildman–Crippen MR) is 124 cm³/mol. The highest BCUT2D eigenvalue weighted by Crippen LogP contribution is 2.35. The SMILES string of the molecule is CCSc1c(Cl)cc(Cl)cc1CNC(=O)c1ccc(CN2CCNCC2)c(C(F)(F)F)c1. The van der Waals surface area contributed by atoms with E-state index in [9.17, 15) is 18.0 Å². The van der Waals surface area contributed by atoms with Gasteiger partial charge in [0.25, 0.3) is 5.91 Å². The Balaban J connectivity index is 1.78. The third-order valence-electron chi connectivity index (χ3n) is 5.09. The zero-order chi connectivity index (χ0) is 23.3. The monoisotopic (exact) mass is 505 g/mol. The summed E-state index contributed by atoms with van der Waals surface area (Å²) in [4.78, 5) is 15.4. The standard InChI is InChI=1S/C22H24Cl2F3N3OS/c1-2-32-20-16(9-17(23)11-19(20)24)12-29-21(31)14-3-4-15(18(10-14)22(25,26)27)13-30-7-5-28-6-8-30/h3-4,9-11,28H,2,5-8,12-13H2,1H3,(H,29,31). The van der Waals surface area contributed by atoms with E-state index < -0.39 is 17.6 Å². The zero-order valence-electron chi connectivity index (χ0n) is 17.5. The molecule has 32 heavy (non-hydrogen) atoms. The average molecular weight is 506 g/mol. The van der Waals surface area contributed by atoms with Gasteiger partial charge in [-0.3, -0.25) is 9.69 Å². The van der Waals surface area contributed by atoms with Crippen LogP contribution >= 0.6 is 35.0 Å². The summed E-state index contributed by atoms with van der Waals surface area (Å²) in [5.41, 5.74) is 0.0594. The number of rotatable bonds is 7. The van der Waals surface area contributed by atoms with E-state index in [0.717, 1.165) is 29.8 Å². The van der Waals surface area contributed by atoms with Crippen molar-refractivity contribution in [2.45, 2.75) is 31.1 Å². The molecular weight excluding hydrogens is 482 g/mol. The number of piperazine rings is 1. The van der Waals surface area contributed by atoms with E-state index in [1.165, 1.54) is 23.9 Å². The van der Waals surface area contributed by atoms with Gasteiger partial charge in [0.2, 0.25) is 0 Å². The Morgan fingerprint density at radius 1 is 1.16 bits per heavy atom. The van der Waals surface area contributed by atoms with Gasteiger partial charge >= 0.3 is 6.18 Å². The Morgan fingerprint density at radius 3 is 2.53 bits per heavy atom. The van der Waals surface area contributed by atoms with Crippen LogP contribution in [0, 0.1) is 0 Å². The number of carbonyl (C=O) groups is 1. The second-order valence-electron chi connectivity index (χ2n) is 7.39. The molecule has 1 aliphatic rings. The van der Waals surface area contributed by atoms with Crippen LogP contribution in [0.15, 0.2) is 35.2 Å². The maximum atomic E-state index is 13.7. The minimum absolute atomic E-state index is 0.0424. The first-order chi connectivity index (χ1) is 15.2. The maximum Gasteiger partial charge on any atom is 0.416 e. The molecule has 4 nitrogen and oxygen atoms in total. The molecule has 0 bridgehead atoms. The van der Waals surface area contributed by atoms with Gasteiger partial charge in [-0.05, 0) is 41.1 Å². The number of halogens is 5. The van der Waals surface area contributed by atoms with Crippen LogP contribution in [0.5, 0.6) is 0 Å². The highest BCUT2D eigenvalue weighted by Gasteiger charge is 2.34. The van der Waals surface area contributed by atoms with Crippen molar-refractivity contribution in [2.75, 3.05) is 31.9 Å².